The minimum atomic E-state index is -5.08. The van der Waals surface area contributed by atoms with Gasteiger partial charge in [-0.15, -0.1) is 0 Å². The molecule has 10 nitrogen and oxygen atoms in total. The lowest BCUT2D eigenvalue weighted by Crippen LogP contribution is -2.45. The molecule has 2 rings (SSSR count). The number of piperidine rings is 1. The number of carbonyl (C=O) groups excluding carboxylic acids is 1. The Balaban J connectivity index is 0.00000106. The van der Waals surface area contributed by atoms with Crippen molar-refractivity contribution < 1.29 is 45.8 Å². The standard InChI is InChI=1S/C25H43N3O5S.C2HF3O2/c1-19-15-22(32-8)16-20(2)24(19)34(30,31)27(7)13-14-33-17-23(29)28-11-9-21(10-12-28)25(3,4)18-26(5)6;3-2(4,5)1(6)7/h15-16,21H,9-14,17-18H2,1-8H3;(H,6,7). The summed E-state index contributed by atoms with van der Waals surface area (Å²) < 4.78 is 70.0. The molecule has 0 atom stereocenters. The van der Waals surface area contributed by atoms with Crippen molar-refractivity contribution in [3.05, 3.63) is 23.3 Å². The van der Waals surface area contributed by atoms with E-state index in [2.05, 4.69) is 32.8 Å². The van der Waals surface area contributed by atoms with Gasteiger partial charge in [-0.2, -0.15) is 17.5 Å². The van der Waals surface area contributed by atoms with Crippen LogP contribution in [0.1, 0.15) is 37.8 Å². The van der Waals surface area contributed by atoms with Crippen molar-refractivity contribution in [3.63, 3.8) is 0 Å². The molecule has 0 unspecified atom stereocenters. The summed E-state index contributed by atoms with van der Waals surface area (Å²) in [5.74, 6) is -1.57. The average molecular weight is 612 g/mol. The number of aryl methyl sites for hydroxylation is 2. The Labute approximate surface area is 241 Å². The number of amides is 1. The minimum absolute atomic E-state index is 0.0275. The van der Waals surface area contributed by atoms with Crippen LogP contribution in [-0.4, -0.2) is 113 Å². The zero-order valence-electron chi connectivity index (χ0n) is 25.2. The summed E-state index contributed by atoms with van der Waals surface area (Å²) in [6, 6.07) is 3.43. The van der Waals surface area contributed by atoms with Gasteiger partial charge < -0.3 is 24.4 Å². The highest BCUT2D eigenvalue weighted by molar-refractivity contribution is 7.89. The third-order valence-corrected chi connectivity index (χ3v) is 9.20. The number of carbonyl (C=O) groups is 2. The number of sulfonamides is 1. The smallest absolute Gasteiger partial charge is 0.490 e. The SMILES string of the molecule is COc1cc(C)c(S(=O)(=O)N(C)CCOCC(=O)N2CCC(C(C)(C)CN(C)C)CC2)c(C)c1.O=C(O)C(F)(F)F. The molecule has 1 aromatic rings. The lowest BCUT2D eigenvalue weighted by Gasteiger charge is -2.42. The van der Waals surface area contributed by atoms with Gasteiger partial charge in [0, 0.05) is 33.2 Å². The van der Waals surface area contributed by atoms with Gasteiger partial charge in [-0.1, -0.05) is 13.8 Å². The largest absolute Gasteiger partial charge is 0.497 e. The number of hydrogen-bond donors (Lipinski definition) is 1. The van der Waals surface area contributed by atoms with Gasteiger partial charge in [0.15, 0.2) is 0 Å². The van der Waals surface area contributed by atoms with Crippen LogP contribution in [-0.2, 0) is 24.3 Å². The highest BCUT2D eigenvalue weighted by atomic mass is 32.2. The van der Waals surface area contributed by atoms with E-state index in [1.807, 2.05) is 4.90 Å². The topological polar surface area (TPSA) is 117 Å². The maximum absolute atomic E-state index is 13.1. The minimum Gasteiger partial charge on any atom is -0.497 e. The van der Waals surface area contributed by atoms with Crippen molar-refractivity contribution in [3.8, 4) is 5.75 Å². The van der Waals surface area contributed by atoms with E-state index in [4.69, 9.17) is 19.4 Å². The molecule has 0 aromatic heterocycles. The number of hydrogen-bond acceptors (Lipinski definition) is 7. The first kappa shape index (κ1) is 36.6. The summed E-state index contributed by atoms with van der Waals surface area (Å²) in [7, 11) is 3.61. The quantitative estimate of drug-likeness (QED) is 0.379. The number of aliphatic carboxylic acids is 1. The van der Waals surface area contributed by atoms with Gasteiger partial charge in [-0.05, 0) is 75.4 Å². The van der Waals surface area contributed by atoms with Crippen LogP contribution in [0.3, 0.4) is 0 Å². The molecule has 1 N–H and O–H groups in total. The van der Waals surface area contributed by atoms with E-state index >= 15 is 0 Å². The molecule has 0 radical (unpaired) electrons. The summed E-state index contributed by atoms with van der Waals surface area (Å²) in [5, 5.41) is 7.12. The van der Waals surface area contributed by atoms with Crippen LogP contribution >= 0.6 is 0 Å². The third kappa shape index (κ3) is 11.1. The number of halogens is 3. The molecule has 41 heavy (non-hydrogen) atoms. The van der Waals surface area contributed by atoms with Gasteiger partial charge in [-0.25, -0.2) is 13.2 Å². The van der Waals surface area contributed by atoms with E-state index in [-0.39, 0.29) is 36.0 Å². The number of carboxylic acids is 1. The van der Waals surface area contributed by atoms with Gasteiger partial charge >= 0.3 is 12.1 Å². The summed E-state index contributed by atoms with van der Waals surface area (Å²) in [4.78, 5) is 25.9. The van der Waals surface area contributed by atoms with Gasteiger partial charge in [0.25, 0.3) is 0 Å². The van der Waals surface area contributed by atoms with E-state index in [0.29, 0.717) is 22.8 Å². The average Bonchev–Trinajstić information content (AvgIpc) is 2.84. The fourth-order valence-electron chi connectivity index (χ4n) is 5.01. The van der Waals surface area contributed by atoms with Crippen LogP contribution in [0.2, 0.25) is 0 Å². The van der Waals surface area contributed by atoms with Crippen molar-refractivity contribution in [2.24, 2.45) is 11.3 Å². The molecule has 1 heterocycles. The molecule has 0 bridgehead atoms. The molecule has 0 saturated carbocycles. The molecule has 236 valence electrons. The normalized spacial score (nSPS) is 15.1. The number of methoxy groups -OCH3 is 1. The van der Waals surface area contributed by atoms with Crippen LogP contribution in [0.5, 0.6) is 5.75 Å². The second-order valence-corrected chi connectivity index (χ2v) is 13.1. The van der Waals surface area contributed by atoms with Crippen LogP contribution < -0.4 is 4.74 Å². The van der Waals surface area contributed by atoms with Crippen molar-refractivity contribution >= 4 is 21.9 Å². The third-order valence-electron chi connectivity index (χ3n) is 7.03. The van der Waals surface area contributed by atoms with E-state index in [1.54, 1.807) is 33.1 Å². The monoisotopic (exact) mass is 611 g/mol. The Bertz CT molecular complexity index is 1110. The predicted octanol–water partition coefficient (Wildman–Crippen LogP) is 3.41. The van der Waals surface area contributed by atoms with E-state index in [1.165, 1.54) is 11.4 Å². The Hall–Kier alpha value is -2.42. The Kier molecular flexibility index (Phi) is 13.5. The molecule has 1 aliphatic rings. The number of alkyl halides is 3. The van der Waals surface area contributed by atoms with Crippen LogP contribution in [0.25, 0.3) is 0 Å². The van der Waals surface area contributed by atoms with Crippen LogP contribution in [0.15, 0.2) is 17.0 Å². The predicted molar refractivity (Wildman–Crippen MR) is 148 cm³/mol. The van der Waals surface area contributed by atoms with Gasteiger partial charge in [0.1, 0.15) is 12.4 Å². The van der Waals surface area contributed by atoms with Crippen molar-refractivity contribution in [2.75, 3.05) is 67.6 Å². The summed E-state index contributed by atoms with van der Waals surface area (Å²) in [6.45, 7) is 10.9. The molecular formula is C27H44F3N3O7S. The van der Waals surface area contributed by atoms with Gasteiger partial charge in [0.05, 0.1) is 18.6 Å². The van der Waals surface area contributed by atoms with Crippen molar-refractivity contribution in [2.45, 2.75) is 51.6 Å². The fraction of sp³-hybridized carbons (Fsp3) is 0.704. The van der Waals surface area contributed by atoms with E-state index < -0.39 is 22.2 Å². The second-order valence-electron chi connectivity index (χ2n) is 11.2. The van der Waals surface area contributed by atoms with Gasteiger partial charge in [0.2, 0.25) is 15.9 Å². The first-order valence-corrected chi connectivity index (χ1v) is 14.6. The Morgan fingerprint density at radius 2 is 1.56 bits per heavy atom. The first-order valence-electron chi connectivity index (χ1n) is 13.2. The van der Waals surface area contributed by atoms with Crippen LogP contribution in [0, 0.1) is 25.2 Å². The van der Waals surface area contributed by atoms with Crippen LogP contribution in [0.4, 0.5) is 13.2 Å². The van der Waals surface area contributed by atoms with Crippen molar-refractivity contribution in [1.29, 1.82) is 0 Å². The van der Waals surface area contributed by atoms with E-state index in [0.717, 1.165) is 32.5 Å². The number of likely N-dealkylation sites (tertiary alicyclic amines) is 1. The molecule has 1 amide bonds. The maximum atomic E-state index is 13.1. The molecular weight excluding hydrogens is 567 g/mol. The summed E-state index contributed by atoms with van der Waals surface area (Å²) in [5.41, 5.74) is 1.49. The van der Waals surface area contributed by atoms with E-state index in [9.17, 15) is 26.4 Å². The van der Waals surface area contributed by atoms with Gasteiger partial charge in [-0.3, -0.25) is 4.79 Å². The molecule has 1 saturated heterocycles. The number of benzene rings is 1. The number of ether oxygens (including phenoxy) is 2. The zero-order chi connectivity index (χ0) is 31.8. The Morgan fingerprint density at radius 3 is 1.98 bits per heavy atom. The molecule has 1 fully saturated rings. The lowest BCUT2D eigenvalue weighted by atomic mass is 9.73. The van der Waals surface area contributed by atoms with Crippen molar-refractivity contribution in [1.82, 2.24) is 14.1 Å². The molecule has 0 aliphatic carbocycles. The first-order chi connectivity index (χ1) is 18.7. The number of likely N-dealkylation sites (N-methyl/N-ethyl adjacent to an activating group) is 1. The second kappa shape index (κ2) is 15.2. The number of rotatable bonds is 11. The lowest BCUT2D eigenvalue weighted by molar-refractivity contribution is -0.192. The summed E-state index contributed by atoms with van der Waals surface area (Å²) in [6.07, 6.45) is -3.09. The maximum Gasteiger partial charge on any atom is 0.490 e. The highest BCUT2D eigenvalue weighted by Gasteiger charge is 2.38. The molecule has 14 heteroatoms. The summed E-state index contributed by atoms with van der Waals surface area (Å²) >= 11 is 0. The number of nitrogens with zero attached hydrogens (tertiary/aromatic N) is 3. The number of carboxylic acid groups (broad SMARTS) is 1. The molecule has 0 spiro atoms. The highest BCUT2D eigenvalue weighted by Crippen LogP contribution is 2.35. The Morgan fingerprint density at radius 1 is 1.07 bits per heavy atom. The molecule has 1 aromatic carbocycles. The fourth-order valence-corrected chi connectivity index (χ4v) is 6.57. The zero-order valence-corrected chi connectivity index (χ0v) is 26.0. The molecule has 1 aliphatic heterocycles.